The molecule has 0 saturated carbocycles. The fraction of sp³-hybridized carbons (Fsp3) is 0.370. The number of halogens is 3. The van der Waals surface area contributed by atoms with Gasteiger partial charge in [-0.2, -0.15) is 28.1 Å². The third-order valence-corrected chi connectivity index (χ3v) is 5.96. The van der Waals surface area contributed by atoms with E-state index in [1.54, 1.807) is 53.4 Å². The van der Waals surface area contributed by atoms with E-state index in [0.29, 0.717) is 49.5 Å². The summed E-state index contributed by atoms with van der Waals surface area (Å²) in [4.78, 5) is 38.4. The molecule has 5 heterocycles. The molecule has 4 aliphatic rings. The summed E-state index contributed by atoms with van der Waals surface area (Å²) in [6.45, 7) is 0.0546. The molecule has 0 unspecified atom stereocenters. The molecule has 2 amide bonds. The van der Waals surface area contributed by atoms with Gasteiger partial charge in [0.05, 0.1) is 13.7 Å². The van der Waals surface area contributed by atoms with Crippen LogP contribution in [0.1, 0.15) is 28.8 Å². The minimum atomic E-state index is -4.58. The molecule has 2 aromatic carbocycles. The van der Waals surface area contributed by atoms with Crippen molar-refractivity contribution >= 4 is 29.6 Å². The number of carbonyl (C=O) groups is 2. The predicted octanol–water partition coefficient (Wildman–Crippen LogP) is 4.14. The Bertz CT molecular complexity index is 1340. The normalized spacial score (nSPS) is 15.0. The molecule has 0 saturated heterocycles. The van der Waals surface area contributed by atoms with Crippen molar-refractivity contribution in [3.63, 3.8) is 0 Å². The van der Waals surface area contributed by atoms with Crippen LogP contribution in [-0.4, -0.2) is 78.0 Å². The van der Waals surface area contributed by atoms with Gasteiger partial charge in [-0.3, -0.25) is 4.79 Å². The lowest BCUT2D eigenvalue weighted by molar-refractivity contribution is -0.154. The van der Waals surface area contributed by atoms with Crippen LogP contribution < -0.4 is 25.4 Å². The van der Waals surface area contributed by atoms with Gasteiger partial charge >= 0.3 is 18.3 Å². The van der Waals surface area contributed by atoms with Crippen LogP contribution in [0.3, 0.4) is 0 Å². The van der Waals surface area contributed by atoms with E-state index in [9.17, 15) is 22.8 Å². The molecule has 3 aromatic rings. The van der Waals surface area contributed by atoms with Crippen molar-refractivity contribution in [2.45, 2.75) is 25.6 Å². The third-order valence-electron chi connectivity index (χ3n) is 5.96. The number of nitrogens with one attached hydrogen (secondary N) is 3. The number of nitrogens with zero attached hydrogens (tertiary/aromatic N) is 4. The Labute approximate surface area is 239 Å². The lowest BCUT2D eigenvalue weighted by atomic mass is 10.2. The second-order valence-corrected chi connectivity index (χ2v) is 9.14. The van der Waals surface area contributed by atoms with Crippen molar-refractivity contribution in [3.8, 4) is 11.8 Å². The van der Waals surface area contributed by atoms with Gasteiger partial charge in [0.1, 0.15) is 12.4 Å². The summed E-state index contributed by atoms with van der Waals surface area (Å²) in [6.07, 6.45) is -3.77. The van der Waals surface area contributed by atoms with Gasteiger partial charge in [-0.25, -0.2) is 4.79 Å². The smallest absolute Gasteiger partial charge is 0.422 e. The van der Waals surface area contributed by atoms with Gasteiger partial charge in [0.25, 0.3) is 5.91 Å². The SMILES string of the molecule is COC(=O)N1CCCCNC(=O)c2ccc(cc2)Nc2nc(nc(OCC(F)(F)F)n2)NCc2ccc(cc2)OCC1. The van der Waals surface area contributed by atoms with E-state index < -0.39 is 24.9 Å². The zero-order valence-corrected chi connectivity index (χ0v) is 22.7. The number of ether oxygens (including phenoxy) is 3. The average Bonchev–Trinajstić information content (AvgIpc) is 2.97. The molecule has 3 N–H and O–H groups in total. The topological polar surface area (TPSA) is 140 Å². The van der Waals surface area contributed by atoms with Crippen LogP contribution in [0.4, 0.5) is 35.5 Å². The highest BCUT2D eigenvalue weighted by Gasteiger charge is 2.29. The molecule has 0 radical (unpaired) electrons. The molecule has 42 heavy (non-hydrogen) atoms. The van der Waals surface area contributed by atoms with Crippen molar-refractivity contribution in [1.82, 2.24) is 25.2 Å². The number of anilines is 3. The summed E-state index contributed by atoms with van der Waals surface area (Å²) >= 11 is 0. The maximum atomic E-state index is 12.8. The Morgan fingerprint density at radius 3 is 2.43 bits per heavy atom. The lowest BCUT2D eigenvalue weighted by Crippen LogP contribution is -2.35. The molecule has 6 bridgehead atoms. The van der Waals surface area contributed by atoms with Crippen LogP contribution in [0.5, 0.6) is 11.8 Å². The monoisotopic (exact) mass is 589 g/mol. The van der Waals surface area contributed by atoms with Crippen LogP contribution in [-0.2, 0) is 11.3 Å². The van der Waals surface area contributed by atoms with Crippen LogP contribution in [0.25, 0.3) is 0 Å². The quantitative estimate of drug-likeness (QED) is 0.400. The summed E-state index contributed by atoms with van der Waals surface area (Å²) in [7, 11) is 1.32. The molecule has 12 nitrogen and oxygen atoms in total. The van der Waals surface area contributed by atoms with Crippen molar-refractivity contribution in [1.29, 1.82) is 0 Å². The maximum Gasteiger partial charge on any atom is 0.422 e. The molecule has 0 fully saturated rings. The van der Waals surface area contributed by atoms with Crippen molar-refractivity contribution in [3.05, 3.63) is 59.7 Å². The molecule has 1 aromatic heterocycles. The van der Waals surface area contributed by atoms with Gasteiger partial charge in [0.15, 0.2) is 6.61 Å². The van der Waals surface area contributed by atoms with E-state index >= 15 is 0 Å². The number of aromatic nitrogens is 3. The highest BCUT2D eigenvalue weighted by molar-refractivity contribution is 5.94. The van der Waals surface area contributed by atoms with Crippen LogP contribution in [0.2, 0.25) is 0 Å². The van der Waals surface area contributed by atoms with E-state index in [4.69, 9.17) is 14.2 Å². The second kappa shape index (κ2) is 14.2. The number of rotatable bonds is 2. The Balaban J connectivity index is 1.54. The van der Waals surface area contributed by atoms with Crippen LogP contribution in [0, 0.1) is 0 Å². The lowest BCUT2D eigenvalue weighted by Gasteiger charge is -2.21. The maximum absolute atomic E-state index is 12.8. The molecule has 0 atom stereocenters. The molecule has 224 valence electrons. The van der Waals surface area contributed by atoms with Crippen molar-refractivity contribution < 1.29 is 37.0 Å². The standard InChI is InChI=1S/C27H30F3N7O5/c1-40-26(39)37-13-3-2-12-31-22(38)19-6-8-20(9-7-19)33-24-34-23(35-25(36-24)42-17-27(28,29)30)32-16-18-4-10-21(11-5-18)41-15-14-37/h4-11H,2-3,12-17H2,1H3,(H,31,38)(H2,32,33,34,35,36). The van der Waals surface area contributed by atoms with E-state index in [0.717, 1.165) is 5.56 Å². The number of methoxy groups -OCH3 is 1. The summed E-state index contributed by atoms with van der Waals surface area (Å²) < 4.78 is 53.7. The molecule has 0 spiro atoms. The highest BCUT2D eigenvalue weighted by Crippen LogP contribution is 2.21. The Morgan fingerprint density at radius 2 is 1.71 bits per heavy atom. The highest BCUT2D eigenvalue weighted by atomic mass is 19.4. The van der Waals surface area contributed by atoms with Crippen molar-refractivity contribution in [2.75, 3.05) is 50.6 Å². The van der Waals surface area contributed by atoms with Crippen LogP contribution >= 0.6 is 0 Å². The first-order valence-corrected chi connectivity index (χ1v) is 13.1. The number of amides is 2. The first kappa shape index (κ1) is 30.1. The fourth-order valence-electron chi connectivity index (χ4n) is 3.85. The molecule has 15 heteroatoms. The van der Waals surface area contributed by atoms with E-state index in [-0.39, 0.29) is 31.0 Å². The first-order chi connectivity index (χ1) is 20.2. The Hall–Kier alpha value is -4.82. The number of benzene rings is 2. The predicted molar refractivity (Wildman–Crippen MR) is 146 cm³/mol. The summed E-state index contributed by atoms with van der Waals surface area (Å²) in [5.41, 5.74) is 1.70. The first-order valence-electron chi connectivity index (χ1n) is 13.1. The minimum Gasteiger partial charge on any atom is -0.492 e. The molecular formula is C27H30F3N7O5. The fourth-order valence-corrected chi connectivity index (χ4v) is 3.85. The molecular weight excluding hydrogens is 559 g/mol. The molecule has 4 aliphatic heterocycles. The Morgan fingerprint density at radius 1 is 0.976 bits per heavy atom. The van der Waals surface area contributed by atoms with E-state index in [1.807, 2.05) is 0 Å². The van der Waals surface area contributed by atoms with Gasteiger partial charge in [0, 0.05) is 30.9 Å². The number of hydrogen-bond acceptors (Lipinski definition) is 10. The second-order valence-electron chi connectivity index (χ2n) is 9.14. The zero-order valence-electron chi connectivity index (χ0n) is 22.7. The largest absolute Gasteiger partial charge is 0.492 e. The van der Waals surface area contributed by atoms with Gasteiger partial charge in [-0.05, 0) is 54.8 Å². The zero-order chi connectivity index (χ0) is 30.0. The van der Waals surface area contributed by atoms with Crippen molar-refractivity contribution in [2.24, 2.45) is 0 Å². The van der Waals surface area contributed by atoms with Crippen LogP contribution in [0.15, 0.2) is 48.5 Å². The van der Waals surface area contributed by atoms with E-state index in [1.165, 1.54) is 7.11 Å². The van der Waals surface area contributed by atoms with Gasteiger partial charge in [-0.15, -0.1) is 0 Å². The number of carbonyl (C=O) groups excluding carboxylic acids is 2. The van der Waals surface area contributed by atoms with Gasteiger partial charge in [0.2, 0.25) is 11.9 Å². The average molecular weight is 590 g/mol. The number of hydrogen-bond donors (Lipinski definition) is 3. The summed E-state index contributed by atoms with van der Waals surface area (Å²) in [5, 5.41) is 8.69. The molecule has 0 aliphatic carbocycles. The Kier molecular flexibility index (Phi) is 10.2. The summed E-state index contributed by atoms with van der Waals surface area (Å²) in [6, 6.07) is 13.0. The minimum absolute atomic E-state index is 0.0154. The van der Waals surface area contributed by atoms with Gasteiger partial charge in [-0.1, -0.05) is 12.1 Å². The van der Waals surface area contributed by atoms with Gasteiger partial charge < -0.3 is 35.1 Å². The summed E-state index contributed by atoms with van der Waals surface area (Å²) in [5.74, 6) is 0.231. The third kappa shape index (κ3) is 9.38. The van der Waals surface area contributed by atoms with E-state index in [2.05, 4.69) is 30.9 Å². The number of alkyl halides is 3. The molecule has 7 rings (SSSR count).